The molecule has 0 radical (unpaired) electrons. The van der Waals surface area contributed by atoms with E-state index >= 15 is 0 Å². The molecule has 3 heterocycles. The average molecular weight is 592 g/mol. The number of nitrogens with zero attached hydrogens (tertiary/aromatic N) is 5. The van der Waals surface area contributed by atoms with E-state index in [0.717, 1.165) is 5.56 Å². The maximum absolute atomic E-state index is 14.4. The van der Waals surface area contributed by atoms with E-state index in [9.17, 15) is 24.6 Å². The number of rotatable bonds is 7. The van der Waals surface area contributed by atoms with Crippen LogP contribution in [0.25, 0.3) is 11.3 Å². The first-order valence-corrected chi connectivity index (χ1v) is 14.2. The molecule has 2 N–H and O–H groups in total. The van der Waals surface area contributed by atoms with Crippen LogP contribution in [0.4, 0.5) is 9.59 Å². The van der Waals surface area contributed by atoms with Gasteiger partial charge < -0.3 is 39.0 Å². The van der Waals surface area contributed by atoms with Gasteiger partial charge in [-0.1, -0.05) is 60.7 Å². The van der Waals surface area contributed by atoms with E-state index in [0.29, 0.717) is 17.7 Å². The normalized spacial score (nSPS) is 22.3. The van der Waals surface area contributed by atoms with Gasteiger partial charge in [-0.15, -0.1) is 0 Å². The summed E-state index contributed by atoms with van der Waals surface area (Å²) in [7, 11) is 2.82. The Morgan fingerprint density at radius 2 is 1.65 bits per heavy atom. The lowest BCUT2D eigenvalue weighted by atomic mass is 9.86. The monoisotopic (exact) mass is 591 g/mol. The Balaban J connectivity index is 1.57. The quantitative estimate of drug-likeness (QED) is 0.428. The molecule has 3 aromatic rings. The van der Waals surface area contributed by atoms with Gasteiger partial charge in [-0.05, 0) is 18.4 Å². The van der Waals surface area contributed by atoms with Crippen LogP contribution in [0.3, 0.4) is 0 Å². The first-order valence-electron chi connectivity index (χ1n) is 14.2. The first kappa shape index (κ1) is 30.1. The molecule has 228 valence electrons. The zero-order valence-corrected chi connectivity index (χ0v) is 24.3. The Morgan fingerprint density at radius 3 is 2.30 bits per heavy atom. The molecule has 3 atom stereocenters. The first-order chi connectivity index (χ1) is 20.8. The number of hydrogen-bond acceptors (Lipinski definition) is 7. The number of aromatic nitrogens is 2. The van der Waals surface area contributed by atoms with Gasteiger partial charge in [-0.2, -0.15) is 0 Å². The second-order valence-electron chi connectivity index (χ2n) is 11.0. The van der Waals surface area contributed by atoms with Gasteiger partial charge in [0.05, 0.1) is 37.8 Å². The van der Waals surface area contributed by atoms with Crippen molar-refractivity contribution >= 4 is 18.1 Å². The van der Waals surface area contributed by atoms with Gasteiger partial charge in [0.25, 0.3) is 5.91 Å². The zero-order valence-electron chi connectivity index (χ0n) is 24.3. The van der Waals surface area contributed by atoms with Gasteiger partial charge in [0.1, 0.15) is 5.60 Å². The van der Waals surface area contributed by atoms with Crippen molar-refractivity contribution in [2.45, 2.75) is 30.5 Å². The molecule has 2 aliphatic rings. The number of amides is 3. The topological polar surface area (TPSA) is 138 Å². The van der Waals surface area contributed by atoms with Crippen LogP contribution in [0.5, 0.6) is 0 Å². The Bertz CT molecular complexity index is 1430. The molecule has 0 bridgehead atoms. The third kappa shape index (κ3) is 6.20. The van der Waals surface area contributed by atoms with Crippen LogP contribution in [0.2, 0.25) is 0 Å². The fourth-order valence-electron chi connectivity index (χ4n) is 6.15. The second-order valence-corrected chi connectivity index (χ2v) is 11.0. The van der Waals surface area contributed by atoms with Crippen molar-refractivity contribution in [2.75, 3.05) is 53.6 Å². The minimum Gasteiger partial charge on any atom is -0.465 e. The molecule has 5 rings (SSSR count). The lowest BCUT2D eigenvalue weighted by Crippen LogP contribution is -2.57. The van der Waals surface area contributed by atoms with Crippen molar-refractivity contribution in [3.05, 3.63) is 78.2 Å². The van der Waals surface area contributed by atoms with E-state index in [1.54, 1.807) is 9.47 Å². The number of aliphatic hydroxyl groups is 1. The van der Waals surface area contributed by atoms with Crippen LogP contribution in [-0.2, 0) is 15.9 Å². The summed E-state index contributed by atoms with van der Waals surface area (Å²) in [4.78, 5) is 47.9. The molecule has 0 saturated carbocycles. The van der Waals surface area contributed by atoms with Crippen LogP contribution in [0, 0.1) is 0 Å². The smallest absolute Gasteiger partial charge is 0.409 e. The summed E-state index contributed by atoms with van der Waals surface area (Å²) >= 11 is 0. The number of methoxy groups -OCH3 is 2. The highest BCUT2D eigenvalue weighted by Crippen LogP contribution is 2.38. The largest absolute Gasteiger partial charge is 0.465 e. The van der Waals surface area contributed by atoms with Crippen molar-refractivity contribution in [1.29, 1.82) is 0 Å². The van der Waals surface area contributed by atoms with Crippen molar-refractivity contribution in [1.82, 2.24) is 24.3 Å². The Hall–Kier alpha value is -4.42. The summed E-state index contributed by atoms with van der Waals surface area (Å²) in [6.45, 7) is 0.957. The minimum absolute atomic E-state index is 0.0126. The molecule has 0 spiro atoms. The summed E-state index contributed by atoms with van der Waals surface area (Å²) in [6, 6.07) is 17.8. The van der Waals surface area contributed by atoms with Crippen molar-refractivity contribution in [3.8, 4) is 11.3 Å². The van der Waals surface area contributed by atoms with Gasteiger partial charge >= 0.3 is 12.2 Å². The number of carbonyl (C=O) groups excluding carboxylic acids is 2. The van der Waals surface area contributed by atoms with Gasteiger partial charge in [0, 0.05) is 45.4 Å². The third-order valence-electron chi connectivity index (χ3n) is 8.36. The fourth-order valence-corrected chi connectivity index (χ4v) is 6.15. The van der Waals surface area contributed by atoms with Gasteiger partial charge in [0.2, 0.25) is 0 Å². The number of piperazine rings is 1. The summed E-state index contributed by atoms with van der Waals surface area (Å²) < 4.78 is 12.1. The predicted molar refractivity (Wildman–Crippen MR) is 157 cm³/mol. The highest BCUT2D eigenvalue weighted by molar-refractivity contribution is 5.98. The van der Waals surface area contributed by atoms with Crippen LogP contribution < -0.4 is 0 Å². The van der Waals surface area contributed by atoms with Crippen LogP contribution >= 0.6 is 0 Å². The van der Waals surface area contributed by atoms with Gasteiger partial charge in [-0.25, -0.2) is 14.6 Å². The summed E-state index contributed by atoms with van der Waals surface area (Å²) in [5, 5.41) is 21.5. The van der Waals surface area contributed by atoms with E-state index in [4.69, 9.17) is 9.47 Å². The van der Waals surface area contributed by atoms with Crippen molar-refractivity contribution < 1.29 is 34.1 Å². The molecule has 43 heavy (non-hydrogen) atoms. The van der Waals surface area contributed by atoms with E-state index in [1.165, 1.54) is 30.3 Å². The van der Waals surface area contributed by atoms with E-state index in [-0.39, 0.29) is 57.4 Å². The predicted octanol–water partition coefficient (Wildman–Crippen LogP) is 2.99. The number of likely N-dealkylation sites (tertiary alicyclic amines) is 1. The molecule has 2 aliphatic heterocycles. The number of carboxylic acid groups (broad SMARTS) is 1. The summed E-state index contributed by atoms with van der Waals surface area (Å²) in [6.07, 6.45) is 0.696. The molecule has 2 saturated heterocycles. The number of imidazole rings is 1. The average Bonchev–Trinajstić information content (AvgIpc) is 3.46. The molecule has 3 amide bonds. The maximum atomic E-state index is 14.4. The minimum atomic E-state index is -1.35. The van der Waals surface area contributed by atoms with Crippen molar-refractivity contribution in [2.24, 2.45) is 0 Å². The van der Waals surface area contributed by atoms with Crippen LogP contribution in [0.1, 0.15) is 28.5 Å². The highest BCUT2D eigenvalue weighted by Gasteiger charge is 2.46. The number of piperidine rings is 1. The Kier molecular flexibility index (Phi) is 8.97. The maximum Gasteiger partial charge on any atom is 0.409 e. The standard InChI is InChI=1S/C31H37N5O7/c1-42-20-31(41)13-14-34(30(40)43-2)19-25(31)36-21-32-26(27(36)23-11-7-4-8-12-23)28(37)35-16-15-33(29(38)39)18-24(35)17-22-9-5-3-6-10-22/h3-12,21,24-25,41H,13-20H2,1-2H3,(H,38,39)/t24-,25?,31?/m1/s1. The fraction of sp³-hybridized carbons (Fsp3) is 0.419. The van der Waals surface area contributed by atoms with Gasteiger partial charge in [0.15, 0.2) is 5.69 Å². The summed E-state index contributed by atoms with van der Waals surface area (Å²) in [5.74, 6) is -0.334. The Morgan fingerprint density at radius 1 is 0.953 bits per heavy atom. The zero-order chi connectivity index (χ0) is 30.6. The van der Waals surface area contributed by atoms with Crippen LogP contribution in [0.15, 0.2) is 67.0 Å². The molecule has 1 aromatic heterocycles. The molecule has 0 aliphatic carbocycles. The van der Waals surface area contributed by atoms with Crippen molar-refractivity contribution in [3.63, 3.8) is 0 Å². The lowest BCUT2D eigenvalue weighted by molar-refractivity contribution is -0.101. The van der Waals surface area contributed by atoms with E-state index in [1.807, 2.05) is 60.7 Å². The van der Waals surface area contributed by atoms with Crippen LogP contribution in [-0.4, -0.2) is 118 Å². The molecule has 12 heteroatoms. The molecule has 2 fully saturated rings. The van der Waals surface area contributed by atoms with Gasteiger partial charge in [-0.3, -0.25) is 4.79 Å². The number of ether oxygens (including phenoxy) is 2. The van der Waals surface area contributed by atoms with E-state index in [2.05, 4.69) is 4.98 Å². The number of benzene rings is 2. The molecular weight excluding hydrogens is 554 g/mol. The molecule has 2 aromatic carbocycles. The third-order valence-corrected chi connectivity index (χ3v) is 8.36. The molecular formula is C31H37N5O7. The summed E-state index contributed by atoms with van der Waals surface area (Å²) in [5.41, 5.74) is 1.02. The number of hydrogen-bond donors (Lipinski definition) is 2. The Labute approximate surface area is 250 Å². The van der Waals surface area contributed by atoms with E-state index < -0.39 is 29.9 Å². The lowest BCUT2D eigenvalue weighted by Gasteiger charge is -2.44. The number of carbonyl (C=O) groups is 3. The highest BCUT2D eigenvalue weighted by atomic mass is 16.5. The molecule has 12 nitrogen and oxygen atoms in total. The second kappa shape index (κ2) is 12.8. The molecule has 2 unspecified atom stereocenters. The SMILES string of the molecule is COCC1(O)CCN(C(=O)OC)CC1n1cnc(C(=O)N2CCN(C(=O)O)C[C@H]2Cc2ccccc2)c1-c1ccccc1.